The summed E-state index contributed by atoms with van der Waals surface area (Å²) in [6, 6.07) is 26.0. The van der Waals surface area contributed by atoms with Crippen LogP contribution in [0, 0.1) is 35.5 Å². The molecule has 2 saturated heterocycles. The molecule has 0 radical (unpaired) electrons. The number of ether oxygens (including phenoxy) is 2. The number of rotatable bonds is 9. The topological polar surface area (TPSA) is 119 Å². The highest BCUT2D eigenvalue weighted by molar-refractivity contribution is 7.90. The first-order valence-corrected chi connectivity index (χ1v) is 19.9. The van der Waals surface area contributed by atoms with E-state index in [1.807, 2.05) is 67.6 Å². The third-order valence-corrected chi connectivity index (χ3v) is 14.4. The number of amides is 2. The zero-order chi connectivity index (χ0) is 36.3. The van der Waals surface area contributed by atoms with E-state index in [1.165, 1.54) is 4.31 Å². The number of fused-ring (bicyclic) bond motifs is 1. The molecule has 1 aromatic heterocycles. The van der Waals surface area contributed by atoms with Gasteiger partial charge in [0.15, 0.2) is 0 Å². The molecule has 52 heavy (non-hydrogen) atoms. The second-order valence-electron chi connectivity index (χ2n) is 15.5. The SMILES string of the molecule is Cc1oc(-c2ccccc2)nc1CCOc1cccc(C[C@@H]2CN(C(=O)Oc3ccccc3)C[C@H]2C(=O)N2[C@@H]3CC4CC[C@]3(CS2(=O)=O)C4(C)C)c1. The molecular formula is C41H45N3O7S. The summed E-state index contributed by atoms with van der Waals surface area (Å²) < 4.78 is 46.8. The molecule has 1 spiro atoms. The molecule has 0 N–H and O–H groups in total. The maximum Gasteiger partial charge on any atom is 0.415 e. The highest BCUT2D eigenvalue weighted by Crippen LogP contribution is 2.70. The molecule has 11 heteroatoms. The summed E-state index contributed by atoms with van der Waals surface area (Å²) in [5.74, 6) is 1.41. The summed E-state index contributed by atoms with van der Waals surface area (Å²) in [4.78, 5) is 34.3. The van der Waals surface area contributed by atoms with E-state index >= 15 is 0 Å². The smallest absolute Gasteiger partial charge is 0.415 e. The van der Waals surface area contributed by atoms with Gasteiger partial charge in [-0.1, -0.05) is 62.4 Å². The number of carbonyl (C=O) groups is 2. The van der Waals surface area contributed by atoms with Crippen molar-refractivity contribution in [2.45, 2.75) is 58.9 Å². The average molecular weight is 724 g/mol. The van der Waals surface area contributed by atoms with E-state index in [-0.39, 0.29) is 36.2 Å². The summed E-state index contributed by atoms with van der Waals surface area (Å²) >= 11 is 0. The van der Waals surface area contributed by atoms with Gasteiger partial charge in [-0.25, -0.2) is 22.5 Å². The van der Waals surface area contributed by atoms with Gasteiger partial charge in [-0.05, 0) is 91.8 Å². The lowest BCUT2D eigenvalue weighted by atomic mass is 9.69. The number of nitrogens with zero attached hydrogens (tertiary/aromatic N) is 3. The lowest BCUT2D eigenvalue weighted by molar-refractivity contribution is -0.134. The molecule has 2 saturated carbocycles. The maximum atomic E-state index is 14.6. The van der Waals surface area contributed by atoms with Gasteiger partial charge >= 0.3 is 6.09 Å². The van der Waals surface area contributed by atoms with Crippen molar-refractivity contribution in [3.05, 3.63) is 102 Å². The number of likely N-dealkylation sites (tertiary alicyclic amines) is 1. The molecule has 4 fully saturated rings. The Labute approximate surface area is 305 Å². The minimum Gasteiger partial charge on any atom is -0.493 e. The van der Waals surface area contributed by atoms with Crippen LogP contribution in [0.25, 0.3) is 11.5 Å². The van der Waals surface area contributed by atoms with Crippen molar-refractivity contribution in [1.29, 1.82) is 0 Å². The van der Waals surface area contributed by atoms with Crippen LogP contribution in [0.1, 0.15) is 50.1 Å². The summed E-state index contributed by atoms with van der Waals surface area (Å²) in [7, 11) is -3.82. The van der Waals surface area contributed by atoms with E-state index in [1.54, 1.807) is 29.2 Å². The minimum absolute atomic E-state index is 0.0118. The molecule has 5 atom stereocenters. The zero-order valence-electron chi connectivity index (χ0n) is 29.9. The van der Waals surface area contributed by atoms with E-state index < -0.39 is 33.4 Å². The highest BCUT2D eigenvalue weighted by Gasteiger charge is 2.72. The molecular weight excluding hydrogens is 679 g/mol. The van der Waals surface area contributed by atoms with Gasteiger partial charge in [0.05, 0.1) is 30.0 Å². The van der Waals surface area contributed by atoms with Crippen molar-refractivity contribution in [3.8, 4) is 23.0 Å². The van der Waals surface area contributed by atoms with Crippen molar-refractivity contribution in [2.24, 2.45) is 28.6 Å². The number of sulfonamides is 1. The normalized spacial score (nSPS) is 26.8. The predicted molar refractivity (Wildman–Crippen MR) is 195 cm³/mol. The number of aryl methyl sites for hydroxylation is 1. The van der Waals surface area contributed by atoms with Crippen LogP contribution < -0.4 is 9.47 Å². The molecule has 2 bridgehead atoms. The van der Waals surface area contributed by atoms with Crippen LogP contribution in [0.15, 0.2) is 89.3 Å². The van der Waals surface area contributed by atoms with Crippen molar-refractivity contribution in [3.63, 3.8) is 0 Å². The third kappa shape index (κ3) is 5.96. The van der Waals surface area contributed by atoms with Crippen LogP contribution in [-0.4, -0.2) is 66.1 Å². The Hall–Kier alpha value is -4.64. The molecule has 4 aromatic rings. The maximum absolute atomic E-state index is 14.6. The Morgan fingerprint density at radius 2 is 1.69 bits per heavy atom. The van der Waals surface area contributed by atoms with Crippen LogP contribution in [0.5, 0.6) is 11.5 Å². The van der Waals surface area contributed by atoms with E-state index in [0.29, 0.717) is 49.2 Å². The molecule has 1 unspecified atom stereocenters. The Bertz CT molecular complexity index is 2080. The lowest BCUT2D eigenvalue weighted by Gasteiger charge is -2.37. The number of aromatic nitrogens is 1. The summed E-state index contributed by atoms with van der Waals surface area (Å²) in [6.07, 6.45) is 2.99. The van der Waals surface area contributed by atoms with Gasteiger partial charge < -0.3 is 18.8 Å². The first-order chi connectivity index (χ1) is 24.9. The lowest BCUT2D eigenvalue weighted by Crippen LogP contribution is -2.48. The number of para-hydroxylation sites is 1. The Balaban J connectivity index is 0.995. The standard InChI is InChI=1S/C41H45N3O7S/c1-27-35(42-37(50-27)29-12-6-4-7-13-29)18-20-49-33-16-10-11-28(22-33)21-30-24-43(39(46)51-32-14-8-5-9-15-32)25-34(30)38(45)44-36-23-31-17-19-41(36,40(31,2)3)26-52(44,47)48/h4-16,22,30-31,34,36H,17-21,23-26H2,1-3H3/t30-,31?,34-,36-,41-/m1/s1. The quantitative estimate of drug-likeness (QED) is 0.183. The van der Waals surface area contributed by atoms with Crippen molar-refractivity contribution in [1.82, 2.24) is 14.2 Å². The van der Waals surface area contributed by atoms with E-state index in [0.717, 1.165) is 35.4 Å². The fourth-order valence-electron chi connectivity index (χ4n) is 9.60. The molecule has 2 amide bonds. The Kier molecular flexibility index (Phi) is 8.67. The second-order valence-corrected chi connectivity index (χ2v) is 17.4. The second kappa shape index (κ2) is 13.1. The van der Waals surface area contributed by atoms with E-state index in [9.17, 15) is 18.0 Å². The first kappa shape index (κ1) is 34.4. The average Bonchev–Trinajstić information content (AvgIpc) is 3.88. The monoisotopic (exact) mass is 723 g/mol. The molecule has 3 aromatic carbocycles. The minimum atomic E-state index is -3.82. The molecule has 272 valence electrons. The molecule has 3 heterocycles. The van der Waals surface area contributed by atoms with Crippen LogP contribution in [0.2, 0.25) is 0 Å². The largest absolute Gasteiger partial charge is 0.493 e. The van der Waals surface area contributed by atoms with Gasteiger partial charge in [0.2, 0.25) is 21.8 Å². The summed E-state index contributed by atoms with van der Waals surface area (Å²) in [6.45, 7) is 7.00. The van der Waals surface area contributed by atoms with Crippen LogP contribution >= 0.6 is 0 Å². The van der Waals surface area contributed by atoms with Crippen LogP contribution in [-0.2, 0) is 27.7 Å². The number of hydrogen-bond donors (Lipinski definition) is 0. The number of benzene rings is 3. The van der Waals surface area contributed by atoms with Gasteiger partial charge in [0.1, 0.15) is 17.3 Å². The van der Waals surface area contributed by atoms with Gasteiger partial charge in [0, 0.05) is 30.5 Å². The third-order valence-electron chi connectivity index (χ3n) is 12.5. The zero-order valence-corrected chi connectivity index (χ0v) is 30.7. The van der Waals surface area contributed by atoms with Crippen molar-refractivity contribution < 1.29 is 31.9 Å². The number of hydrogen-bond acceptors (Lipinski definition) is 8. The summed E-state index contributed by atoms with van der Waals surface area (Å²) in [5.41, 5.74) is 2.11. The van der Waals surface area contributed by atoms with Crippen LogP contribution in [0.4, 0.5) is 4.79 Å². The Morgan fingerprint density at radius 1 is 0.962 bits per heavy atom. The molecule has 2 aliphatic carbocycles. The summed E-state index contributed by atoms with van der Waals surface area (Å²) in [5, 5.41) is 0. The first-order valence-electron chi connectivity index (χ1n) is 18.3. The van der Waals surface area contributed by atoms with Gasteiger partial charge in [-0.3, -0.25) is 4.79 Å². The Morgan fingerprint density at radius 3 is 2.44 bits per heavy atom. The predicted octanol–water partition coefficient (Wildman–Crippen LogP) is 6.93. The van der Waals surface area contributed by atoms with Gasteiger partial charge in [-0.2, -0.15) is 0 Å². The number of oxazole rings is 1. The van der Waals surface area contributed by atoms with E-state index in [2.05, 4.69) is 18.8 Å². The fraction of sp³-hybridized carbons (Fsp3) is 0.439. The molecule has 4 aliphatic rings. The molecule has 10 nitrogen and oxygen atoms in total. The van der Waals surface area contributed by atoms with Crippen molar-refractivity contribution >= 4 is 22.0 Å². The van der Waals surface area contributed by atoms with Gasteiger partial charge in [0.25, 0.3) is 0 Å². The molecule has 2 aliphatic heterocycles. The van der Waals surface area contributed by atoms with Crippen LogP contribution in [0.3, 0.4) is 0 Å². The van der Waals surface area contributed by atoms with E-state index in [4.69, 9.17) is 13.9 Å². The highest BCUT2D eigenvalue weighted by atomic mass is 32.2. The van der Waals surface area contributed by atoms with Gasteiger partial charge in [-0.15, -0.1) is 0 Å². The van der Waals surface area contributed by atoms with Crippen molar-refractivity contribution in [2.75, 3.05) is 25.4 Å². The molecule has 8 rings (SSSR count). The number of carbonyl (C=O) groups excluding carboxylic acids is 2. The fourth-order valence-corrected chi connectivity index (χ4v) is 12.2.